The minimum absolute atomic E-state index is 0. The van der Waals surface area contributed by atoms with Crippen LogP contribution in [0.3, 0.4) is 0 Å². The summed E-state index contributed by atoms with van der Waals surface area (Å²) in [5, 5.41) is 1.97. The minimum atomic E-state index is 0. The molecule has 1 saturated heterocycles. The fraction of sp³-hybridized carbons (Fsp3) is 0.571. The summed E-state index contributed by atoms with van der Waals surface area (Å²) in [4.78, 5) is 19.9. The van der Waals surface area contributed by atoms with Crippen LogP contribution in [0.2, 0.25) is 0 Å². The van der Waals surface area contributed by atoms with Crippen molar-refractivity contribution in [1.29, 1.82) is 0 Å². The molecule has 0 unspecified atom stereocenters. The first-order chi connectivity index (χ1) is 9.67. The van der Waals surface area contributed by atoms with Crippen LogP contribution in [0.1, 0.15) is 24.2 Å². The van der Waals surface area contributed by atoms with Gasteiger partial charge in [-0.25, -0.2) is 4.98 Å². The quantitative estimate of drug-likeness (QED) is 0.930. The molecule has 0 bridgehead atoms. The van der Waals surface area contributed by atoms with Crippen LogP contribution >= 0.6 is 23.7 Å². The maximum atomic E-state index is 12.1. The number of hydrogen-bond acceptors (Lipinski definition) is 5. The van der Waals surface area contributed by atoms with Crippen LogP contribution in [0.4, 0.5) is 0 Å². The summed E-state index contributed by atoms with van der Waals surface area (Å²) in [5.74, 6) is 0.659. The van der Waals surface area contributed by atoms with Crippen molar-refractivity contribution in [2.75, 3.05) is 19.6 Å². The van der Waals surface area contributed by atoms with Gasteiger partial charge in [-0.15, -0.1) is 23.7 Å². The summed E-state index contributed by atoms with van der Waals surface area (Å²) >= 11 is 1.53. The lowest BCUT2D eigenvalue weighted by molar-refractivity contribution is 0.179. The molecule has 0 aliphatic carbocycles. The molecule has 0 amide bonds. The number of rotatable bonds is 3. The second kappa shape index (κ2) is 6.87. The number of nitrogens with two attached hydrogens (primary N) is 1. The van der Waals surface area contributed by atoms with Gasteiger partial charge < -0.3 is 5.73 Å². The Hall–Kier alpha value is -0.950. The molecule has 1 fully saturated rings. The predicted octanol–water partition coefficient (Wildman–Crippen LogP) is 1.66. The van der Waals surface area contributed by atoms with Gasteiger partial charge in [0.2, 0.25) is 0 Å². The van der Waals surface area contributed by atoms with Gasteiger partial charge in [0.15, 0.2) is 4.96 Å². The molecule has 116 valence electrons. The number of nitrogens with zero attached hydrogens (tertiary/aromatic N) is 3. The molecule has 7 heteroatoms. The summed E-state index contributed by atoms with van der Waals surface area (Å²) in [6.45, 7) is 5.58. The number of aromatic nitrogens is 2. The Morgan fingerprint density at radius 2 is 2.14 bits per heavy atom. The SMILES string of the molecule is Cc1csc2nc(CN3CCC(CN)CC3)cc(=O)n12.Cl. The zero-order valence-corrected chi connectivity index (χ0v) is 13.8. The fourth-order valence-electron chi connectivity index (χ4n) is 2.79. The van der Waals surface area contributed by atoms with E-state index in [0.717, 1.165) is 55.4 Å². The fourth-order valence-corrected chi connectivity index (χ4v) is 3.68. The Morgan fingerprint density at radius 3 is 2.81 bits per heavy atom. The summed E-state index contributed by atoms with van der Waals surface area (Å²) in [7, 11) is 0. The predicted molar refractivity (Wildman–Crippen MR) is 88.4 cm³/mol. The van der Waals surface area contributed by atoms with Crippen molar-refractivity contribution in [2.45, 2.75) is 26.3 Å². The van der Waals surface area contributed by atoms with Crippen molar-refractivity contribution in [1.82, 2.24) is 14.3 Å². The van der Waals surface area contributed by atoms with Crippen LogP contribution < -0.4 is 11.3 Å². The molecule has 2 aromatic rings. The molecule has 21 heavy (non-hydrogen) atoms. The first-order valence-electron chi connectivity index (χ1n) is 7.06. The Morgan fingerprint density at radius 1 is 1.43 bits per heavy atom. The van der Waals surface area contributed by atoms with Crippen LogP contribution in [0.15, 0.2) is 16.2 Å². The molecule has 0 atom stereocenters. The summed E-state index contributed by atoms with van der Waals surface area (Å²) in [6, 6.07) is 1.67. The first kappa shape index (κ1) is 16.4. The average molecular weight is 329 g/mol. The molecule has 0 saturated carbocycles. The normalized spacial score (nSPS) is 17.0. The van der Waals surface area contributed by atoms with E-state index >= 15 is 0 Å². The van der Waals surface area contributed by atoms with Crippen molar-refractivity contribution < 1.29 is 0 Å². The largest absolute Gasteiger partial charge is 0.330 e. The van der Waals surface area contributed by atoms with Crippen molar-refractivity contribution in [3.05, 3.63) is 33.2 Å². The lowest BCUT2D eigenvalue weighted by Gasteiger charge is -2.30. The Labute approximate surface area is 134 Å². The van der Waals surface area contributed by atoms with Crippen LogP contribution in [0.5, 0.6) is 0 Å². The third-order valence-electron chi connectivity index (χ3n) is 4.05. The zero-order valence-electron chi connectivity index (χ0n) is 12.1. The number of hydrogen-bond donors (Lipinski definition) is 1. The van der Waals surface area contributed by atoms with Gasteiger partial charge >= 0.3 is 0 Å². The molecule has 2 N–H and O–H groups in total. The van der Waals surface area contributed by atoms with Crippen LogP contribution in [-0.2, 0) is 6.54 Å². The minimum Gasteiger partial charge on any atom is -0.330 e. The van der Waals surface area contributed by atoms with Crippen LogP contribution in [-0.4, -0.2) is 33.9 Å². The van der Waals surface area contributed by atoms with Gasteiger partial charge in [-0.3, -0.25) is 14.1 Å². The van der Waals surface area contributed by atoms with Gasteiger partial charge in [0, 0.05) is 23.7 Å². The number of halogens is 1. The number of fused-ring (bicyclic) bond motifs is 1. The van der Waals surface area contributed by atoms with E-state index in [4.69, 9.17) is 5.73 Å². The highest BCUT2D eigenvalue weighted by molar-refractivity contribution is 7.15. The van der Waals surface area contributed by atoms with Gasteiger partial charge in [0.25, 0.3) is 5.56 Å². The third-order valence-corrected chi connectivity index (χ3v) is 5.00. The van der Waals surface area contributed by atoms with E-state index in [0.29, 0.717) is 5.92 Å². The summed E-state index contributed by atoms with van der Waals surface area (Å²) in [5.41, 5.74) is 7.57. The standard InChI is InChI=1S/C14H20N4OS.ClH/c1-10-9-20-14-16-12(6-13(19)18(10)14)8-17-4-2-11(7-15)3-5-17;/h6,9,11H,2-5,7-8,15H2,1H3;1H. The van der Waals surface area contributed by atoms with E-state index in [1.165, 1.54) is 11.3 Å². The van der Waals surface area contributed by atoms with Gasteiger partial charge in [-0.2, -0.15) is 0 Å². The van der Waals surface area contributed by atoms with Gasteiger partial charge in [-0.05, 0) is 45.3 Å². The molecular formula is C14H21ClN4OS. The average Bonchev–Trinajstić information content (AvgIpc) is 2.81. The number of piperidine rings is 1. The lowest BCUT2D eigenvalue weighted by atomic mass is 9.97. The highest BCUT2D eigenvalue weighted by Gasteiger charge is 2.18. The second-order valence-electron chi connectivity index (χ2n) is 5.54. The van der Waals surface area contributed by atoms with Gasteiger partial charge in [-0.1, -0.05) is 0 Å². The number of likely N-dealkylation sites (tertiary alicyclic amines) is 1. The van der Waals surface area contributed by atoms with Crippen molar-refractivity contribution in [3.8, 4) is 0 Å². The zero-order chi connectivity index (χ0) is 14.1. The third kappa shape index (κ3) is 3.45. The summed E-state index contributed by atoms with van der Waals surface area (Å²) < 4.78 is 1.68. The highest BCUT2D eigenvalue weighted by Crippen LogP contribution is 2.18. The van der Waals surface area contributed by atoms with E-state index in [1.807, 2.05) is 12.3 Å². The molecule has 0 aromatic carbocycles. The molecule has 0 spiro atoms. The monoisotopic (exact) mass is 328 g/mol. The van der Waals surface area contributed by atoms with Crippen LogP contribution in [0, 0.1) is 12.8 Å². The number of aryl methyl sites for hydroxylation is 1. The number of thiazole rings is 1. The topological polar surface area (TPSA) is 63.6 Å². The van der Waals surface area contributed by atoms with E-state index in [2.05, 4.69) is 9.88 Å². The van der Waals surface area contributed by atoms with Crippen molar-refractivity contribution >= 4 is 28.7 Å². The van der Waals surface area contributed by atoms with E-state index < -0.39 is 0 Å². The van der Waals surface area contributed by atoms with Crippen LogP contribution in [0.25, 0.3) is 4.96 Å². The molecule has 3 heterocycles. The van der Waals surface area contributed by atoms with Crippen molar-refractivity contribution in [2.24, 2.45) is 11.7 Å². The highest BCUT2D eigenvalue weighted by atomic mass is 35.5. The van der Waals surface area contributed by atoms with Crippen molar-refractivity contribution in [3.63, 3.8) is 0 Å². The molecule has 3 rings (SSSR count). The second-order valence-corrected chi connectivity index (χ2v) is 6.37. The van der Waals surface area contributed by atoms with E-state index in [9.17, 15) is 4.79 Å². The maximum Gasteiger partial charge on any atom is 0.259 e. The molecule has 1 aliphatic heterocycles. The van der Waals surface area contributed by atoms with E-state index in [-0.39, 0.29) is 18.0 Å². The molecule has 2 aromatic heterocycles. The Kier molecular flexibility index (Phi) is 5.37. The van der Waals surface area contributed by atoms with Gasteiger partial charge in [0.1, 0.15) is 0 Å². The molecule has 5 nitrogen and oxygen atoms in total. The molecular weight excluding hydrogens is 308 g/mol. The molecule has 0 radical (unpaired) electrons. The Balaban J connectivity index is 0.00000161. The summed E-state index contributed by atoms with van der Waals surface area (Å²) in [6.07, 6.45) is 2.30. The lowest BCUT2D eigenvalue weighted by Crippen LogP contribution is -2.36. The molecule has 1 aliphatic rings. The maximum absolute atomic E-state index is 12.1. The Bertz CT molecular complexity index is 661. The van der Waals surface area contributed by atoms with Gasteiger partial charge in [0.05, 0.1) is 5.69 Å². The smallest absolute Gasteiger partial charge is 0.259 e. The van der Waals surface area contributed by atoms with E-state index in [1.54, 1.807) is 10.5 Å². The first-order valence-corrected chi connectivity index (χ1v) is 7.94.